The van der Waals surface area contributed by atoms with Gasteiger partial charge in [-0.3, -0.25) is 0 Å². The van der Waals surface area contributed by atoms with Gasteiger partial charge >= 0.3 is 0 Å². The number of halogens is 3. The van der Waals surface area contributed by atoms with Crippen LogP contribution in [0.3, 0.4) is 0 Å². The fourth-order valence-corrected chi connectivity index (χ4v) is 2.61. The summed E-state index contributed by atoms with van der Waals surface area (Å²) in [6, 6.07) is 10.9. The molecule has 0 saturated heterocycles. The summed E-state index contributed by atoms with van der Waals surface area (Å²) < 4.78 is 15.0. The van der Waals surface area contributed by atoms with Crippen molar-refractivity contribution < 1.29 is 4.39 Å². The highest BCUT2D eigenvalue weighted by Gasteiger charge is 2.03. The lowest BCUT2D eigenvalue weighted by molar-refractivity contribution is 0.625. The lowest BCUT2D eigenvalue weighted by atomic mass is 10.2. The molecule has 0 amide bonds. The van der Waals surface area contributed by atoms with Crippen molar-refractivity contribution in [2.24, 2.45) is 0 Å². The van der Waals surface area contributed by atoms with Crippen molar-refractivity contribution in [2.45, 2.75) is 13.5 Å². The maximum absolute atomic E-state index is 13.2. The number of rotatable bonds is 3. The Labute approximate surface area is 123 Å². The molecule has 0 aromatic heterocycles. The fraction of sp³-hybridized carbons (Fsp3) is 0.143. The first kappa shape index (κ1) is 13.6. The van der Waals surface area contributed by atoms with E-state index in [1.807, 2.05) is 31.2 Å². The summed E-state index contributed by atoms with van der Waals surface area (Å²) in [7, 11) is 0. The number of anilines is 1. The van der Waals surface area contributed by atoms with Gasteiger partial charge in [0.05, 0.1) is 0 Å². The molecular formula is C14H12Br2FN. The number of benzene rings is 2. The van der Waals surface area contributed by atoms with E-state index in [1.165, 1.54) is 17.7 Å². The van der Waals surface area contributed by atoms with Crippen LogP contribution in [-0.4, -0.2) is 0 Å². The molecule has 0 aliphatic rings. The van der Waals surface area contributed by atoms with E-state index >= 15 is 0 Å². The highest BCUT2D eigenvalue weighted by Crippen LogP contribution is 2.26. The van der Waals surface area contributed by atoms with Crippen molar-refractivity contribution in [3.8, 4) is 0 Å². The zero-order chi connectivity index (χ0) is 13.1. The molecule has 0 saturated carbocycles. The van der Waals surface area contributed by atoms with E-state index in [-0.39, 0.29) is 5.82 Å². The molecule has 0 atom stereocenters. The van der Waals surface area contributed by atoms with Crippen LogP contribution in [0.1, 0.15) is 11.1 Å². The van der Waals surface area contributed by atoms with Crippen LogP contribution in [0, 0.1) is 12.7 Å². The summed E-state index contributed by atoms with van der Waals surface area (Å²) in [5.74, 6) is -0.232. The Morgan fingerprint density at radius 2 is 1.94 bits per heavy atom. The summed E-state index contributed by atoms with van der Waals surface area (Å²) >= 11 is 6.83. The van der Waals surface area contributed by atoms with Crippen LogP contribution in [0.4, 0.5) is 10.1 Å². The Balaban J connectivity index is 2.14. The Hall–Kier alpha value is -0.870. The molecule has 0 aliphatic heterocycles. The Morgan fingerprint density at radius 1 is 1.17 bits per heavy atom. The molecule has 94 valence electrons. The van der Waals surface area contributed by atoms with Crippen LogP contribution in [0.2, 0.25) is 0 Å². The molecule has 0 spiro atoms. The van der Waals surface area contributed by atoms with Crippen molar-refractivity contribution >= 4 is 37.5 Å². The molecule has 18 heavy (non-hydrogen) atoms. The molecule has 0 bridgehead atoms. The monoisotopic (exact) mass is 371 g/mol. The average molecular weight is 373 g/mol. The summed E-state index contributed by atoms with van der Waals surface area (Å²) in [4.78, 5) is 0. The van der Waals surface area contributed by atoms with Gasteiger partial charge in [-0.05, 0) is 58.2 Å². The molecule has 0 radical (unpaired) electrons. The first-order valence-electron chi connectivity index (χ1n) is 5.50. The first-order valence-corrected chi connectivity index (χ1v) is 7.09. The molecule has 0 heterocycles. The minimum absolute atomic E-state index is 0.232. The second kappa shape index (κ2) is 5.85. The van der Waals surface area contributed by atoms with Gasteiger partial charge in [-0.15, -0.1) is 0 Å². The predicted molar refractivity (Wildman–Crippen MR) is 80.3 cm³/mol. The summed E-state index contributed by atoms with van der Waals surface area (Å²) in [5, 5.41) is 3.29. The van der Waals surface area contributed by atoms with Crippen LogP contribution in [0.15, 0.2) is 45.3 Å². The molecule has 0 fully saturated rings. The third-order valence-electron chi connectivity index (χ3n) is 2.60. The SMILES string of the molecule is Cc1cccc(NCc2cc(F)cc(Br)c2)c1Br. The molecule has 1 N–H and O–H groups in total. The highest BCUT2D eigenvalue weighted by atomic mass is 79.9. The molecule has 4 heteroatoms. The van der Waals surface area contributed by atoms with Crippen molar-refractivity contribution in [3.63, 3.8) is 0 Å². The van der Waals surface area contributed by atoms with Gasteiger partial charge in [0.1, 0.15) is 5.82 Å². The molecule has 0 aliphatic carbocycles. The zero-order valence-electron chi connectivity index (χ0n) is 9.81. The van der Waals surface area contributed by atoms with Gasteiger partial charge in [0, 0.05) is 21.2 Å². The van der Waals surface area contributed by atoms with Gasteiger partial charge in [-0.25, -0.2) is 4.39 Å². The van der Waals surface area contributed by atoms with Crippen LogP contribution < -0.4 is 5.32 Å². The minimum atomic E-state index is -0.232. The Kier molecular flexibility index (Phi) is 4.40. The number of hydrogen-bond donors (Lipinski definition) is 1. The number of aryl methyl sites for hydroxylation is 1. The summed E-state index contributed by atoms with van der Waals surface area (Å²) in [6.45, 7) is 2.62. The summed E-state index contributed by atoms with van der Waals surface area (Å²) in [5.41, 5.74) is 3.08. The van der Waals surface area contributed by atoms with Crippen LogP contribution in [0.25, 0.3) is 0 Å². The van der Waals surface area contributed by atoms with Gasteiger partial charge < -0.3 is 5.32 Å². The lowest BCUT2D eigenvalue weighted by Gasteiger charge is -2.10. The zero-order valence-corrected chi connectivity index (χ0v) is 13.0. The van der Waals surface area contributed by atoms with E-state index in [9.17, 15) is 4.39 Å². The molecule has 2 aromatic rings. The maximum atomic E-state index is 13.2. The van der Waals surface area contributed by atoms with Crippen LogP contribution in [0.5, 0.6) is 0 Å². The van der Waals surface area contributed by atoms with E-state index in [2.05, 4.69) is 37.2 Å². The second-order valence-corrected chi connectivity index (χ2v) is 5.78. The van der Waals surface area contributed by atoms with E-state index in [1.54, 1.807) is 0 Å². The van der Waals surface area contributed by atoms with Gasteiger partial charge in [0.15, 0.2) is 0 Å². The van der Waals surface area contributed by atoms with Crippen LogP contribution >= 0.6 is 31.9 Å². The smallest absolute Gasteiger partial charge is 0.124 e. The van der Waals surface area contributed by atoms with Gasteiger partial charge in [0.25, 0.3) is 0 Å². The van der Waals surface area contributed by atoms with Gasteiger partial charge in [-0.1, -0.05) is 28.1 Å². The fourth-order valence-electron chi connectivity index (χ4n) is 1.69. The molecule has 0 unspecified atom stereocenters. The Bertz CT molecular complexity index is 549. The topological polar surface area (TPSA) is 12.0 Å². The quantitative estimate of drug-likeness (QED) is 0.773. The predicted octanol–water partition coefficient (Wildman–Crippen LogP) is 5.27. The first-order chi connectivity index (χ1) is 8.56. The standard InChI is InChI=1S/C14H12Br2FN/c1-9-3-2-4-13(14(9)16)18-8-10-5-11(15)7-12(17)6-10/h2-7,18H,8H2,1H3. The molecule has 1 nitrogen and oxygen atoms in total. The number of hydrogen-bond acceptors (Lipinski definition) is 1. The summed E-state index contributed by atoms with van der Waals surface area (Å²) in [6.07, 6.45) is 0. The number of nitrogens with one attached hydrogen (secondary N) is 1. The van der Waals surface area contributed by atoms with E-state index < -0.39 is 0 Å². The van der Waals surface area contributed by atoms with Gasteiger partial charge in [0.2, 0.25) is 0 Å². The van der Waals surface area contributed by atoms with E-state index in [0.29, 0.717) is 6.54 Å². The van der Waals surface area contributed by atoms with Gasteiger partial charge in [-0.2, -0.15) is 0 Å². The second-order valence-electron chi connectivity index (χ2n) is 4.07. The van der Waals surface area contributed by atoms with Crippen molar-refractivity contribution in [3.05, 3.63) is 62.3 Å². The van der Waals surface area contributed by atoms with E-state index in [0.717, 1.165) is 20.2 Å². The van der Waals surface area contributed by atoms with Crippen molar-refractivity contribution in [2.75, 3.05) is 5.32 Å². The highest BCUT2D eigenvalue weighted by molar-refractivity contribution is 9.11. The lowest BCUT2D eigenvalue weighted by Crippen LogP contribution is -2.01. The third kappa shape index (κ3) is 3.33. The van der Waals surface area contributed by atoms with Crippen LogP contribution in [-0.2, 0) is 6.54 Å². The largest absolute Gasteiger partial charge is 0.380 e. The molecule has 2 rings (SSSR count). The average Bonchev–Trinajstić information content (AvgIpc) is 2.30. The minimum Gasteiger partial charge on any atom is -0.380 e. The molecule has 2 aromatic carbocycles. The third-order valence-corrected chi connectivity index (χ3v) is 4.11. The molecular weight excluding hydrogens is 361 g/mol. The Morgan fingerprint density at radius 3 is 2.67 bits per heavy atom. The van der Waals surface area contributed by atoms with Crippen molar-refractivity contribution in [1.29, 1.82) is 0 Å². The maximum Gasteiger partial charge on any atom is 0.124 e. The van der Waals surface area contributed by atoms with E-state index in [4.69, 9.17) is 0 Å². The van der Waals surface area contributed by atoms with Crippen molar-refractivity contribution in [1.82, 2.24) is 0 Å². The normalized spacial score (nSPS) is 10.4.